The normalized spacial score (nSPS) is 12.3. The molecule has 1 atom stereocenters. The number of rotatable bonds is 9. The lowest BCUT2D eigenvalue weighted by atomic mass is 10.1. The Balaban J connectivity index is 1.71. The van der Waals surface area contributed by atoms with Crippen LogP contribution in [0.5, 0.6) is 0 Å². The van der Waals surface area contributed by atoms with E-state index in [1.807, 2.05) is 6.26 Å². The van der Waals surface area contributed by atoms with Gasteiger partial charge in [0, 0.05) is 18.0 Å². The van der Waals surface area contributed by atoms with Crippen molar-refractivity contribution in [3.63, 3.8) is 0 Å². The number of alkyl halides is 3. The molecule has 0 saturated heterocycles. The van der Waals surface area contributed by atoms with Crippen LogP contribution in [0.4, 0.5) is 23.2 Å². The Morgan fingerprint density at radius 1 is 1.17 bits per heavy atom. The van der Waals surface area contributed by atoms with E-state index >= 15 is 0 Å². The quantitative estimate of drug-likeness (QED) is 0.270. The first-order chi connectivity index (χ1) is 19.4. The molecule has 0 aliphatic carbocycles. The van der Waals surface area contributed by atoms with Crippen LogP contribution in [0.25, 0.3) is 5.82 Å². The average Bonchev–Trinajstić information content (AvgIpc) is 3.53. The molecule has 0 saturated carbocycles. The Labute approximate surface area is 239 Å². The number of aromatic nitrogens is 7. The Morgan fingerprint density at radius 3 is 2.59 bits per heavy atom. The topological polar surface area (TPSA) is 133 Å². The molecular formula is C24H22ClF4N9O2S. The molecule has 41 heavy (non-hydrogen) atoms. The third-order valence-corrected chi connectivity index (χ3v) is 6.65. The monoisotopic (exact) mass is 611 g/mol. The number of carbonyl (C=O) groups is 2. The van der Waals surface area contributed by atoms with Crippen molar-refractivity contribution in [1.29, 1.82) is 0 Å². The summed E-state index contributed by atoms with van der Waals surface area (Å²) in [4.78, 5) is 31.4. The molecule has 0 spiro atoms. The van der Waals surface area contributed by atoms with Crippen LogP contribution in [-0.2, 0) is 12.7 Å². The number of benzene rings is 1. The summed E-state index contributed by atoms with van der Waals surface area (Å²) in [7, 11) is 0. The first kappa shape index (κ1) is 29.9. The second kappa shape index (κ2) is 12.2. The fourth-order valence-corrected chi connectivity index (χ4v) is 4.58. The molecule has 4 rings (SSSR count). The van der Waals surface area contributed by atoms with E-state index < -0.39 is 29.6 Å². The van der Waals surface area contributed by atoms with Crippen molar-refractivity contribution in [2.45, 2.75) is 32.6 Å². The van der Waals surface area contributed by atoms with Crippen molar-refractivity contribution in [1.82, 2.24) is 40.3 Å². The second-order valence-electron chi connectivity index (χ2n) is 8.81. The lowest BCUT2D eigenvalue weighted by molar-refractivity contribution is -0.145. The summed E-state index contributed by atoms with van der Waals surface area (Å²) < 4.78 is 54.1. The van der Waals surface area contributed by atoms with Gasteiger partial charge in [-0.15, -0.1) is 10.2 Å². The average molecular weight is 612 g/mol. The minimum atomic E-state index is -4.80. The van der Waals surface area contributed by atoms with E-state index in [1.54, 1.807) is 13.0 Å². The lowest BCUT2D eigenvalue weighted by Crippen LogP contribution is -2.35. The highest BCUT2D eigenvalue weighted by Crippen LogP contribution is 2.27. The van der Waals surface area contributed by atoms with Crippen LogP contribution in [0.3, 0.4) is 0 Å². The van der Waals surface area contributed by atoms with Gasteiger partial charge in [-0.1, -0.05) is 11.6 Å². The van der Waals surface area contributed by atoms with E-state index in [9.17, 15) is 27.2 Å². The highest BCUT2D eigenvalue weighted by atomic mass is 35.5. The van der Waals surface area contributed by atoms with E-state index in [2.05, 4.69) is 36.1 Å². The summed E-state index contributed by atoms with van der Waals surface area (Å²) in [5, 5.41) is 19.5. The van der Waals surface area contributed by atoms with Crippen molar-refractivity contribution >= 4 is 40.9 Å². The molecule has 1 aromatic carbocycles. The number of hydrogen-bond donors (Lipinski definition) is 2. The van der Waals surface area contributed by atoms with Crippen LogP contribution < -0.4 is 10.6 Å². The van der Waals surface area contributed by atoms with Gasteiger partial charge < -0.3 is 10.6 Å². The van der Waals surface area contributed by atoms with Crippen LogP contribution in [0.15, 0.2) is 36.5 Å². The SMILES string of the molecule is CSC[C@H](C)NC(=O)c1cc(F)cc(C)c1NC(=O)c1cc(Cn2nnc(C(F)(F)F)n2)nn1-c1ncccc1Cl. The maximum atomic E-state index is 14.3. The number of nitrogens with zero attached hydrogens (tertiary/aromatic N) is 7. The zero-order valence-corrected chi connectivity index (χ0v) is 23.3. The minimum absolute atomic E-state index is 0.0489. The number of tetrazole rings is 1. The van der Waals surface area contributed by atoms with Gasteiger partial charge in [-0.25, -0.2) is 14.1 Å². The second-order valence-corrected chi connectivity index (χ2v) is 10.1. The maximum Gasteiger partial charge on any atom is 0.455 e. The molecule has 0 fully saturated rings. The highest BCUT2D eigenvalue weighted by molar-refractivity contribution is 7.98. The molecule has 4 aromatic rings. The zero-order chi connectivity index (χ0) is 29.9. The third-order valence-electron chi connectivity index (χ3n) is 5.52. The van der Waals surface area contributed by atoms with Gasteiger partial charge in [0.05, 0.1) is 22.0 Å². The number of hydrogen-bond acceptors (Lipinski definition) is 8. The van der Waals surface area contributed by atoms with E-state index in [1.165, 1.54) is 37.0 Å². The van der Waals surface area contributed by atoms with E-state index in [-0.39, 0.29) is 51.6 Å². The van der Waals surface area contributed by atoms with Gasteiger partial charge in [0.2, 0.25) is 0 Å². The van der Waals surface area contributed by atoms with Crippen LogP contribution in [0.1, 0.15) is 44.9 Å². The van der Waals surface area contributed by atoms with E-state index in [4.69, 9.17) is 11.6 Å². The number of halogens is 5. The smallest absolute Gasteiger partial charge is 0.349 e. The Kier molecular flexibility index (Phi) is 8.92. The Bertz CT molecular complexity index is 1590. The van der Waals surface area contributed by atoms with Crippen molar-refractivity contribution < 1.29 is 27.2 Å². The largest absolute Gasteiger partial charge is 0.455 e. The van der Waals surface area contributed by atoms with Gasteiger partial charge in [0.1, 0.15) is 18.1 Å². The van der Waals surface area contributed by atoms with Gasteiger partial charge in [-0.3, -0.25) is 9.59 Å². The summed E-state index contributed by atoms with van der Waals surface area (Å²) in [5.41, 5.74) is 0.164. The molecule has 11 nitrogen and oxygen atoms in total. The highest BCUT2D eigenvalue weighted by Gasteiger charge is 2.37. The molecule has 0 aliphatic rings. The van der Waals surface area contributed by atoms with Gasteiger partial charge in [-0.2, -0.15) is 34.8 Å². The van der Waals surface area contributed by atoms with Crippen LogP contribution in [0, 0.1) is 12.7 Å². The third kappa shape index (κ3) is 7.00. The summed E-state index contributed by atoms with van der Waals surface area (Å²) in [6.07, 6.45) is -1.52. The van der Waals surface area contributed by atoms with Crippen molar-refractivity contribution in [2.24, 2.45) is 0 Å². The number of nitrogens with one attached hydrogen (secondary N) is 2. The van der Waals surface area contributed by atoms with Gasteiger partial charge >= 0.3 is 6.18 Å². The molecule has 0 unspecified atom stereocenters. The molecule has 216 valence electrons. The summed E-state index contributed by atoms with van der Waals surface area (Å²) in [5.74, 6) is -2.83. The standard InChI is InChI=1S/C24H22ClF4N9O2S/c1-12-7-14(26)8-16(21(39)31-13(2)11-41-3)19(12)32-22(40)18-9-15(10-37-35-23(33-36-37)24(27,28)29)34-38(18)20-17(25)5-4-6-30-20/h4-9,13H,10-11H2,1-3H3,(H,31,39)(H,32,40)/t13-/m0/s1. The summed E-state index contributed by atoms with van der Waals surface area (Å²) in [6.45, 7) is 2.93. The molecule has 2 N–H and O–H groups in total. The molecule has 3 aromatic heterocycles. The van der Waals surface area contributed by atoms with Crippen LogP contribution in [-0.4, -0.2) is 64.8 Å². The molecular weight excluding hydrogens is 590 g/mol. The van der Waals surface area contributed by atoms with Gasteiger partial charge in [0.25, 0.3) is 17.6 Å². The molecule has 0 aliphatic heterocycles. The van der Waals surface area contributed by atoms with Gasteiger partial charge in [-0.05, 0) is 61.2 Å². The summed E-state index contributed by atoms with van der Waals surface area (Å²) in [6, 6.07) is 6.27. The maximum absolute atomic E-state index is 14.3. The van der Waals surface area contributed by atoms with E-state index in [0.717, 1.165) is 16.8 Å². The Hall–Kier alpha value is -4.05. The van der Waals surface area contributed by atoms with Crippen molar-refractivity contribution in [3.05, 3.63) is 75.7 Å². The van der Waals surface area contributed by atoms with Crippen molar-refractivity contribution in [2.75, 3.05) is 17.3 Å². The minimum Gasteiger partial charge on any atom is -0.349 e. The predicted octanol–water partition coefficient (Wildman–Crippen LogP) is 4.16. The number of amides is 2. The lowest BCUT2D eigenvalue weighted by Gasteiger charge is -2.17. The number of pyridine rings is 1. The molecule has 2 amide bonds. The van der Waals surface area contributed by atoms with Crippen LogP contribution >= 0.6 is 23.4 Å². The molecule has 17 heteroatoms. The number of aryl methyl sites for hydroxylation is 1. The van der Waals surface area contributed by atoms with Crippen LogP contribution in [0.2, 0.25) is 5.02 Å². The summed E-state index contributed by atoms with van der Waals surface area (Å²) >= 11 is 7.80. The molecule has 3 heterocycles. The zero-order valence-electron chi connectivity index (χ0n) is 21.7. The number of carbonyl (C=O) groups excluding carboxylic acids is 2. The first-order valence-electron chi connectivity index (χ1n) is 11.8. The van der Waals surface area contributed by atoms with E-state index in [0.29, 0.717) is 10.5 Å². The predicted molar refractivity (Wildman–Crippen MR) is 143 cm³/mol. The molecule has 0 bridgehead atoms. The molecule has 0 radical (unpaired) electrons. The Morgan fingerprint density at radius 2 is 1.93 bits per heavy atom. The fourth-order valence-electron chi connectivity index (χ4n) is 3.79. The van der Waals surface area contributed by atoms with Gasteiger partial charge in [0.15, 0.2) is 5.82 Å². The number of thioether (sulfide) groups is 1. The first-order valence-corrected chi connectivity index (χ1v) is 13.6. The van der Waals surface area contributed by atoms with Crippen molar-refractivity contribution in [3.8, 4) is 5.82 Å². The number of anilines is 1. The fraction of sp³-hybridized carbons (Fsp3) is 0.292.